The third-order valence-electron chi connectivity index (χ3n) is 2.93. The Hall–Kier alpha value is -1.70. The minimum atomic E-state index is -0.314. The molecule has 6 heteroatoms. The van der Waals surface area contributed by atoms with E-state index in [0.717, 1.165) is 5.56 Å². The van der Waals surface area contributed by atoms with Crippen LogP contribution in [0.5, 0.6) is 0 Å². The molecule has 2 aromatic rings. The van der Waals surface area contributed by atoms with Crippen molar-refractivity contribution in [1.29, 1.82) is 0 Å². The van der Waals surface area contributed by atoms with Crippen molar-refractivity contribution < 1.29 is 4.39 Å². The van der Waals surface area contributed by atoms with Crippen LogP contribution in [0.4, 0.5) is 4.39 Å². The van der Waals surface area contributed by atoms with Gasteiger partial charge >= 0.3 is 0 Å². The highest BCUT2D eigenvalue weighted by Gasteiger charge is 2.05. The Morgan fingerprint density at radius 3 is 2.55 bits per heavy atom. The average Bonchev–Trinajstić information content (AvgIpc) is 2.49. The van der Waals surface area contributed by atoms with E-state index in [0.29, 0.717) is 24.7 Å². The van der Waals surface area contributed by atoms with Crippen LogP contribution in [0.2, 0.25) is 0 Å². The minimum Gasteiger partial charge on any atom is -0.350 e. The van der Waals surface area contributed by atoms with Crippen LogP contribution < -0.4 is 5.32 Å². The van der Waals surface area contributed by atoms with Gasteiger partial charge < -0.3 is 10.2 Å². The number of benzene rings is 1. The van der Waals surface area contributed by atoms with Gasteiger partial charge in [-0.3, -0.25) is 4.98 Å². The van der Waals surface area contributed by atoms with Gasteiger partial charge in [0.2, 0.25) is 0 Å². The van der Waals surface area contributed by atoms with E-state index in [1.165, 1.54) is 6.07 Å². The van der Waals surface area contributed by atoms with Crippen LogP contribution in [-0.2, 0) is 13.1 Å². The molecule has 0 saturated carbocycles. The molecule has 0 unspecified atom stereocenters. The van der Waals surface area contributed by atoms with Crippen molar-refractivity contribution in [1.82, 2.24) is 15.2 Å². The highest BCUT2D eigenvalue weighted by Crippen LogP contribution is 2.03. The molecule has 0 aliphatic heterocycles. The second-order valence-electron chi connectivity index (χ2n) is 4.81. The number of nitrogens with zero attached hydrogens (tertiary/aromatic N) is 3. The Morgan fingerprint density at radius 2 is 1.91 bits per heavy atom. The third kappa shape index (κ3) is 5.59. The summed E-state index contributed by atoms with van der Waals surface area (Å²) in [5.74, 6) is 0.384. The first-order valence-corrected chi connectivity index (χ1v) is 6.76. The van der Waals surface area contributed by atoms with Crippen LogP contribution in [0.3, 0.4) is 0 Å². The summed E-state index contributed by atoms with van der Waals surface area (Å²) in [5.41, 5.74) is 1.51. The van der Waals surface area contributed by atoms with E-state index in [1.807, 2.05) is 49.3 Å². The van der Waals surface area contributed by atoms with Gasteiger partial charge in [-0.25, -0.2) is 9.38 Å². The number of guanidine groups is 1. The number of hydrogen-bond donors (Lipinski definition) is 1. The van der Waals surface area contributed by atoms with Crippen molar-refractivity contribution in [3.8, 4) is 0 Å². The fraction of sp³-hybridized carbons (Fsp3) is 0.250. The molecule has 1 heterocycles. The summed E-state index contributed by atoms with van der Waals surface area (Å²) in [5, 5.41) is 3.12. The number of halogens is 2. The summed E-state index contributed by atoms with van der Waals surface area (Å²) >= 11 is 0. The summed E-state index contributed by atoms with van der Waals surface area (Å²) in [6.07, 6.45) is 1.58. The maximum absolute atomic E-state index is 13.5. The minimum absolute atomic E-state index is 0. The van der Waals surface area contributed by atoms with E-state index >= 15 is 0 Å². The second-order valence-corrected chi connectivity index (χ2v) is 4.81. The molecule has 1 aromatic heterocycles. The Morgan fingerprint density at radius 1 is 1.18 bits per heavy atom. The average molecular weight is 414 g/mol. The van der Waals surface area contributed by atoms with Crippen molar-refractivity contribution in [3.63, 3.8) is 0 Å². The smallest absolute Gasteiger partial charge is 0.194 e. The van der Waals surface area contributed by atoms with Crippen molar-refractivity contribution in [2.75, 3.05) is 14.1 Å². The monoisotopic (exact) mass is 414 g/mol. The quantitative estimate of drug-likeness (QED) is 0.475. The number of nitrogens with one attached hydrogen (secondary N) is 1. The number of aromatic nitrogens is 1. The highest BCUT2D eigenvalue weighted by atomic mass is 127. The molecule has 0 spiro atoms. The van der Waals surface area contributed by atoms with Gasteiger partial charge in [0.15, 0.2) is 5.96 Å². The van der Waals surface area contributed by atoms with E-state index < -0.39 is 0 Å². The zero-order valence-corrected chi connectivity index (χ0v) is 15.0. The fourth-order valence-electron chi connectivity index (χ4n) is 1.82. The number of hydrogen-bond acceptors (Lipinski definition) is 2. The normalized spacial score (nSPS) is 10.8. The van der Waals surface area contributed by atoms with Gasteiger partial charge in [-0.05, 0) is 17.7 Å². The first kappa shape index (κ1) is 18.3. The maximum atomic E-state index is 13.5. The molecule has 0 radical (unpaired) electrons. The van der Waals surface area contributed by atoms with Crippen LogP contribution in [0.25, 0.3) is 0 Å². The maximum Gasteiger partial charge on any atom is 0.194 e. The largest absolute Gasteiger partial charge is 0.350 e. The zero-order valence-electron chi connectivity index (χ0n) is 12.7. The lowest BCUT2D eigenvalue weighted by molar-refractivity contribution is 0.561. The molecule has 118 valence electrons. The molecule has 0 bridgehead atoms. The molecule has 0 aliphatic carbocycles. The molecule has 0 amide bonds. The van der Waals surface area contributed by atoms with Gasteiger partial charge in [-0.2, -0.15) is 0 Å². The summed E-state index contributed by atoms with van der Waals surface area (Å²) < 4.78 is 13.5. The molecule has 0 aliphatic rings. The van der Waals surface area contributed by atoms with Crippen LogP contribution >= 0.6 is 24.0 Å². The lowest BCUT2D eigenvalue weighted by atomic mass is 10.2. The van der Waals surface area contributed by atoms with Gasteiger partial charge in [-0.15, -0.1) is 24.0 Å². The topological polar surface area (TPSA) is 40.5 Å². The van der Waals surface area contributed by atoms with E-state index in [4.69, 9.17) is 0 Å². The van der Waals surface area contributed by atoms with E-state index in [9.17, 15) is 4.39 Å². The van der Waals surface area contributed by atoms with Crippen molar-refractivity contribution >= 4 is 29.9 Å². The highest BCUT2D eigenvalue weighted by molar-refractivity contribution is 14.0. The Bertz CT molecular complexity index is 602. The summed E-state index contributed by atoms with van der Waals surface area (Å²) in [6.45, 7) is 0.879. The van der Waals surface area contributed by atoms with Gasteiger partial charge in [0.1, 0.15) is 5.82 Å². The molecule has 22 heavy (non-hydrogen) atoms. The first-order valence-electron chi connectivity index (χ1n) is 6.76. The number of rotatable bonds is 4. The van der Waals surface area contributed by atoms with Crippen LogP contribution in [-0.4, -0.2) is 29.9 Å². The van der Waals surface area contributed by atoms with Crippen LogP contribution in [0, 0.1) is 5.82 Å². The van der Waals surface area contributed by atoms with Gasteiger partial charge in [-0.1, -0.05) is 30.3 Å². The molecular formula is C16H20FIN4. The fourth-order valence-corrected chi connectivity index (χ4v) is 1.82. The molecule has 2 rings (SSSR count). The molecule has 4 nitrogen and oxygen atoms in total. The lowest BCUT2D eigenvalue weighted by Gasteiger charge is -2.17. The Labute approximate surface area is 147 Å². The predicted molar refractivity (Wildman–Crippen MR) is 97.7 cm³/mol. The van der Waals surface area contributed by atoms with Crippen LogP contribution in [0.15, 0.2) is 53.7 Å². The van der Waals surface area contributed by atoms with Gasteiger partial charge in [0, 0.05) is 20.3 Å². The molecule has 0 fully saturated rings. The number of aliphatic imine (C=N–C) groups is 1. The lowest BCUT2D eigenvalue weighted by Crippen LogP contribution is -2.36. The third-order valence-corrected chi connectivity index (χ3v) is 2.93. The molecule has 1 aromatic carbocycles. The number of pyridine rings is 1. The van der Waals surface area contributed by atoms with E-state index in [-0.39, 0.29) is 29.8 Å². The standard InChI is InChI=1S/C16H19FN4.HI/c1-21(2)16(19-11-13-7-4-3-5-8-13)20-12-15-14(17)9-6-10-18-15;/h3-10H,11-12H2,1-2H3,(H,19,20);1H. The SMILES string of the molecule is CN(C)C(=NCc1ccccc1)NCc1ncccc1F.I. The van der Waals surface area contributed by atoms with Crippen molar-refractivity contribution in [2.24, 2.45) is 4.99 Å². The molecular weight excluding hydrogens is 394 g/mol. The Kier molecular flexibility index (Phi) is 7.79. The summed E-state index contributed by atoms with van der Waals surface area (Å²) in [6, 6.07) is 13.0. The van der Waals surface area contributed by atoms with Crippen LogP contribution in [0.1, 0.15) is 11.3 Å². The van der Waals surface area contributed by atoms with Crippen molar-refractivity contribution in [3.05, 3.63) is 65.7 Å². The van der Waals surface area contributed by atoms with E-state index in [2.05, 4.69) is 15.3 Å². The zero-order chi connectivity index (χ0) is 15.1. The predicted octanol–water partition coefficient (Wildman–Crippen LogP) is 3.05. The van der Waals surface area contributed by atoms with Gasteiger partial charge in [0.25, 0.3) is 0 Å². The summed E-state index contributed by atoms with van der Waals surface area (Å²) in [7, 11) is 3.79. The molecule has 0 atom stereocenters. The Balaban J connectivity index is 0.00000242. The molecule has 0 saturated heterocycles. The van der Waals surface area contributed by atoms with Gasteiger partial charge in [0.05, 0.1) is 18.8 Å². The molecule has 1 N–H and O–H groups in total. The second kappa shape index (κ2) is 9.34. The summed E-state index contributed by atoms with van der Waals surface area (Å²) in [4.78, 5) is 10.4. The van der Waals surface area contributed by atoms with E-state index in [1.54, 1.807) is 12.3 Å². The van der Waals surface area contributed by atoms with Crippen molar-refractivity contribution in [2.45, 2.75) is 13.1 Å². The first-order chi connectivity index (χ1) is 10.2.